The van der Waals surface area contributed by atoms with Crippen LogP contribution in [-0.2, 0) is 21.0 Å². The molecule has 174 valence electrons. The van der Waals surface area contributed by atoms with E-state index in [9.17, 15) is 26.4 Å². The summed E-state index contributed by atoms with van der Waals surface area (Å²) in [4.78, 5) is 12.9. The first-order valence-electron chi connectivity index (χ1n) is 9.96. The van der Waals surface area contributed by atoms with Gasteiger partial charge in [0.25, 0.3) is 0 Å². The van der Waals surface area contributed by atoms with Gasteiger partial charge in [-0.25, -0.2) is 8.42 Å². The standard InChI is InChI=1S/C21H19F3N4O4S/c1-13-4-10-16(11-5-13)33(30,31)28-12-2-3-17(28)18(29)25-20-27-26-19(32-20)14-6-8-15(9-7-14)21(22,23)24/h4-11,17H,2-3,12H2,1H3,(H,25,27,29). The van der Waals surface area contributed by atoms with E-state index in [0.717, 1.165) is 22.0 Å². The van der Waals surface area contributed by atoms with Crippen LogP contribution in [0, 0.1) is 6.92 Å². The van der Waals surface area contributed by atoms with Crippen LogP contribution < -0.4 is 5.32 Å². The van der Waals surface area contributed by atoms with Crippen LogP contribution in [-0.4, -0.2) is 41.4 Å². The van der Waals surface area contributed by atoms with Gasteiger partial charge >= 0.3 is 12.2 Å². The fraction of sp³-hybridized carbons (Fsp3) is 0.286. The first-order valence-corrected chi connectivity index (χ1v) is 11.4. The average Bonchev–Trinajstić information content (AvgIpc) is 3.44. The number of halogens is 3. The highest BCUT2D eigenvalue weighted by Gasteiger charge is 2.40. The molecule has 1 aliphatic heterocycles. The molecule has 1 fully saturated rings. The van der Waals surface area contributed by atoms with Crippen LogP contribution in [0.25, 0.3) is 11.5 Å². The number of alkyl halides is 3. The maximum absolute atomic E-state index is 13.0. The first kappa shape index (κ1) is 22.9. The molecule has 2 heterocycles. The number of nitrogens with zero attached hydrogens (tertiary/aromatic N) is 3. The Hall–Kier alpha value is -3.25. The molecule has 0 aliphatic carbocycles. The molecule has 8 nitrogen and oxygen atoms in total. The van der Waals surface area contributed by atoms with E-state index in [1.165, 1.54) is 24.3 Å². The largest absolute Gasteiger partial charge is 0.416 e. The Morgan fingerprint density at radius 3 is 2.39 bits per heavy atom. The highest BCUT2D eigenvalue weighted by molar-refractivity contribution is 7.89. The maximum atomic E-state index is 13.0. The van der Waals surface area contributed by atoms with Crippen molar-refractivity contribution in [3.63, 3.8) is 0 Å². The van der Waals surface area contributed by atoms with Crippen molar-refractivity contribution in [3.8, 4) is 11.5 Å². The second-order valence-electron chi connectivity index (χ2n) is 7.56. The Bertz CT molecular complexity index is 1260. The molecule has 12 heteroatoms. The summed E-state index contributed by atoms with van der Waals surface area (Å²) >= 11 is 0. The van der Waals surface area contributed by atoms with Gasteiger partial charge in [-0.15, -0.1) is 5.10 Å². The van der Waals surface area contributed by atoms with Gasteiger partial charge < -0.3 is 4.42 Å². The van der Waals surface area contributed by atoms with Crippen molar-refractivity contribution in [1.29, 1.82) is 0 Å². The molecule has 0 radical (unpaired) electrons. The smallest absolute Gasteiger partial charge is 0.403 e. The third-order valence-electron chi connectivity index (χ3n) is 5.25. The quantitative estimate of drug-likeness (QED) is 0.595. The van der Waals surface area contributed by atoms with Gasteiger partial charge in [0, 0.05) is 12.1 Å². The fourth-order valence-electron chi connectivity index (χ4n) is 3.52. The number of carbonyl (C=O) groups is 1. The summed E-state index contributed by atoms with van der Waals surface area (Å²) in [5.74, 6) is -0.722. The van der Waals surface area contributed by atoms with Gasteiger partial charge in [-0.3, -0.25) is 10.1 Å². The van der Waals surface area contributed by atoms with Crippen LogP contribution >= 0.6 is 0 Å². The Kier molecular flexibility index (Phi) is 5.97. The van der Waals surface area contributed by atoms with Crippen molar-refractivity contribution in [2.75, 3.05) is 11.9 Å². The summed E-state index contributed by atoms with van der Waals surface area (Å²) in [5, 5.41) is 9.84. The maximum Gasteiger partial charge on any atom is 0.416 e. The second-order valence-corrected chi connectivity index (χ2v) is 9.45. The number of carbonyl (C=O) groups excluding carboxylic acids is 1. The summed E-state index contributed by atoms with van der Waals surface area (Å²) in [5.41, 5.74) is 0.320. The van der Waals surface area contributed by atoms with Crippen LogP contribution in [0.1, 0.15) is 24.0 Å². The number of amides is 1. The van der Waals surface area contributed by atoms with E-state index in [1.54, 1.807) is 12.1 Å². The molecule has 1 aromatic heterocycles. The molecule has 3 aromatic rings. The Labute approximate surface area is 187 Å². The minimum atomic E-state index is -4.47. The van der Waals surface area contributed by atoms with Gasteiger partial charge in [-0.1, -0.05) is 22.8 Å². The third kappa shape index (κ3) is 4.76. The highest BCUT2D eigenvalue weighted by Crippen LogP contribution is 2.31. The molecule has 1 amide bonds. The molecular weight excluding hydrogens is 461 g/mol. The average molecular weight is 480 g/mol. The van der Waals surface area contributed by atoms with E-state index in [1.807, 2.05) is 6.92 Å². The number of hydrogen-bond acceptors (Lipinski definition) is 6. The molecule has 2 aromatic carbocycles. The van der Waals surface area contributed by atoms with Crippen molar-refractivity contribution in [1.82, 2.24) is 14.5 Å². The monoisotopic (exact) mass is 480 g/mol. The van der Waals surface area contributed by atoms with E-state index < -0.39 is 33.7 Å². The normalized spacial score (nSPS) is 17.3. The predicted octanol–water partition coefficient (Wildman–Crippen LogP) is 3.86. The molecule has 0 saturated carbocycles. The molecule has 1 aliphatic rings. The van der Waals surface area contributed by atoms with Crippen molar-refractivity contribution in [3.05, 3.63) is 59.7 Å². The van der Waals surface area contributed by atoms with Crippen LogP contribution in [0.4, 0.5) is 19.2 Å². The van der Waals surface area contributed by atoms with Gasteiger partial charge in [0.05, 0.1) is 10.5 Å². The minimum Gasteiger partial charge on any atom is -0.403 e. The van der Waals surface area contributed by atoms with Crippen molar-refractivity contribution in [2.24, 2.45) is 0 Å². The van der Waals surface area contributed by atoms with E-state index in [4.69, 9.17) is 4.42 Å². The van der Waals surface area contributed by atoms with Crippen LogP contribution in [0.3, 0.4) is 0 Å². The van der Waals surface area contributed by atoms with Gasteiger partial charge in [-0.05, 0) is 56.2 Å². The summed E-state index contributed by atoms with van der Waals surface area (Å²) in [6.45, 7) is 2.03. The minimum absolute atomic E-state index is 0.0884. The number of aryl methyl sites for hydroxylation is 1. The molecule has 0 spiro atoms. The molecule has 4 rings (SSSR count). The van der Waals surface area contributed by atoms with E-state index in [-0.39, 0.29) is 28.9 Å². The number of aromatic nitrogens is 2. The summed E-state index contributed by atoms with van der Waals surface area (Å²) in [6, 6.07) is 9.21. The lowest BCUT2D eigenvalue weighted by Gasteiger charge is -2.22. The fourth-order valence-corrected chi connectivity index (χ4v) is 5.17. The van der Waals surface area contributed by atoms with Crippen molar-refractivity contribution in [2.45, 2.75) is 36.9 Å². The summed E-state index contributed by atoms with van der Waals surface area (Å²) < 4.78 is 70.6. The van der Waals surface area contributed by atoms with E-state index >= 15 is 0 Å². The van der Waals surface area contributed by atoms with Crippen LogP contribution in [0.2, 0.25) is 0 Å². The number of anilines is 1. The zero-order valence-electron chi connectivity index (χ0n) is 17.3. The number of rotatable bonds is 5. The lowest BCUT2D eigenvalue weighted by Crippen LogP contribution is -2.43. The SMILES string of the molecule is Cc1ccc(S(=O)(=O)N2CCCC2C(=O)Nc2nnc(-c3ccc(C(F)(F)F)cc3)o2)cc1. The number of hydrogen-bond donors (Lipinski definition) is 1. The number of sulfonamides is 1. The van der Waals surface area contributed by atoms with E-state index in [2.05, 4.69) is 15.5 Å². The molecule has 33 heavy (non-hydrogen) atoms. The van der Waals surface area contributed by atoms with E-state index in [0.29, 0.717) is 12.8 Å². The topological polar surface area (TPSA) is 105 Å². The highest BCUT2D eigenvalue weighted by atomic mass is 32.2. The number of benzene rings is 2. The third-order valence-corrected chi connectivity index (χ3v) is 7.17. The van der Waals surface area contributed by atoms with Gasteiger partial charge in [0.1, 0.15) is 6.04 Å². The zero-order chi connectivity index (χ0) is 23.8. The van der Waals surface area contributed by atoms with Crippen molar-refractivity contribution >= 4 is 21.9 Å². The molecule has 1 N–H and O–H groups in total. The summed E-state index contributed by atoms with van der Waals surface area (Å²) in [7, 11) is -3.88. The zero-order valence-corrected chi connectivity index (χ0v) is 18.2. The van der Waals surface area contributed by atoms with Gasteiger partial charge in [0.2, 0.25) is 21.8 Å². The van der Waals surface area contributed by atoms with Crippen molar-refractivity contribution < 1.29 is 30.8 Å². The molecule has 1 unspecified atom stereocenters. The summed E-state index contributed by atoms with van der Waals surface area (Å²) in [6.07, 6.45) is -3.65. The lowest BCUT2D eigenvalue weighted by atomic mass is 10.1. The van der Waals surface area contributed by atoms with Crippen LogP contribution in [0.15, 0.2) is 57.8 Å². The Balaban J connectivity index is 1.48. The van der Waals surface area contributed by atoms with Gasteiger partial charge in [-0.2, -0.15) is 17.5 Å². The molecule has 1 saturated heterocycles. The molecule has 1 atom stereocenters. The van der Waals surface area contributed by atoms with Crippen LogP contribution in [0.5, 0.6) is 0 Å². The molecular formula is C21H19F3N4O4S. The predicted molar refractivity (Wildman–Crippen MR) is 111 cm³/mol. The molecule has 0 bridgehead atoms. The lowest BCUT2D eigenvalue weighted by molar-refractivity contribution is -0.137. The Morgan fingerprint density at radius 2 is 1.76 bits per heavy atom. The Morgan fingerprint density at radius 1 is 1.09 bits per heavy atom. The second kappa shape index (κ2) is 8.60. The number of nitrogens with one attached hydrogen (secondary N) is 1. The van der Waals surface area contributed by atoms with Gasteiger partial charge in [0.15, 0.2) is 0 Å². The first-order chi connectivity index (χ1) is 15.6.